The number of aromatic nitrogens is 1. The highest BCUT2D eigenvalue weighted by molar-refractivity contribution is 5.93. The summed E-state index contributed by atoms with van der Waals surface area (Å²) >= 11 is 0. The molecule has 0 radical (unpaired) electrons. The molecule has 0 aliphatic rings. The highest BCUT2D eigenvalue weighted by Gasteiger charge is 2.18. The average molecular weight is 297 g/mol. The molecule has 2 rings (SSSR count). The maximum atomic E-state index is 12.6. The number of benzene rings is 1. The lowest BCUT2D eigenvalue weighted by atomic mass is 10.1. The van der Waals surface area contributed by atoms with Crippen LogP contribution in [0.25, 0.3) is 5.69 Å². The van der Waals surface area contributed by atoms with Gasteiger partial charge in [0.1, 0.15) is 11.6 Å². The molecule has 6 nitrogen and oxygen atoms in total. The minimum atomic E-state index is -0.867. The number of hydrogen-bond donors (Lipinski definition) is 1. The summed E-state index contributed by atoms with van der Waals surface area (Å²) in [5.74, 6) is -0.867. The molecular formula is C16H15N3O3. The van der Waals surface area contributed by atoms with Crippen molar-refractivity contribution in [2.24, 2.45) is 5.73 Å². The molecule has 0 saturated carbocycles. The second kappa shape index (κ2) is 6.70. The van der Waals surface area contributed by atoms with Gasteiger partial charge in [-0.3, -0.25) is 14.2 Å². The standard InChI is InChI=1S/C16H15N3O3/c1-2-22-10-14-11(9-17)8-13(15(18)20)16(21)19(14)12-6-4-3-5-7-12/h3-8H,2,10H2,1H3,(H2,18,20). The number of rotatable bonds is 5. The Kier molecular flexibility index (Phi) is 4.71. The third-order valence-corrected chi connectivity index (χ3v) is 3.15. The van der Waals surface area contributed by atoms with Gasteiger partial charge in [0.2, 0.25) is 0 Å². The first-order valence-corrected chi connectivity index (χ1v) is 6.72. The Morgan fingerprint density at radius 3 is 2.59 bits per heavy atom. The number of nitrogens with zero attached hydrogens (tertiary/aromatic N) is 2. The van der Waals surface area contributed by atoms with E-state index < -0.39 is 11.5 Å². The molecule has 1 heterocycles. The molecule has 1 aromatic heterocycles. The van der Waals surface area contributed by atoms with Crippen LogP contribution in [0.4, 0.5) is 0 Å². The number of ether oxygens (including phenoxy) is 1. The molecule has 0 spiro atoms. The molecule has 0 aliphatic heterocycles. The first kappa shape index (κ1) is 15.5. The Hall–Kier alpha value is -2.91. The molecule has 1 aromatic carbocycles. The first-order chi connectivity index (χ1) is 10.6. The van der Waals surface area contributed by atoms with E-state index in [4.69, 9.17) is 10.5 Å². The monoisotopic (exact) mass is 297 g/mol. The highest BCUT2D eigenvalue weighted by Crippen LogP contribution is 2.15. The van der Waals surface area contributed by atoms with Crippen LogP contribution in [0.5, 0.6) is 0 Å². The van der Waals surface area contributed by atoms with Crippen molar-refractivity contribution in [3.8, 4) is 11.8 Å². The van der Waals surface area contributed by atoms with Crippen LogP contribution in [-0.4, -0.2) is 17.1 Å². The average Bonchev–Trinajstić information content (AvgIpc) is 2.53. The van der Waals surface area contributed by atoms with Crippen LogP contribution in [0, 0.1) is 11.3 Å². The fourth-order valence-corrected chi connectivity index (χ4v) is 2.12. The summed E-state index contributed by atoms with van der Waals surface area (Å²) in [6.45, 7) is 2.34. The smallest absolute Gasteiger partial charge is 0.268 e. The van der Waals surface area contributed by atoms with Crippen LogP contribution >= 0.6 is 0 Å². The summed E-state index contributed by atoms with van der Waals surface area (Å²) in [4.78, 5) is 24.0. The van der Waals surface area contributed by atoms with Gasteiger partial charge in [-0.1, -0.05) is 18.2 Å². The van der Waals surface area contributed by atoms with Crippen molar-refractivity contribution in [3.05, 3.63) is 63.6 Å². The zero-order valence-corrected chi connectivity index (χ0v) is 12.1. The maximum Gasteiger partial charge on any atom is 0.268 e. The number of amides is 1. The van der Waals surface area contributed by atoms with E-state index in [0.717, 1.165) is 0 Å². The van der Waals surface area contributed by atoms with Gasteiger partial charge in [0.15, 0.2) is 0 Å². The van der Waals surface area contributed by atoms with Crippen molar-refractivity contribution < 1.29 is 9.53 Å². The summed E-state index contributed by atoms with van der Waals surface area (Å²) in [7, 11) is 0. The molecule has 2 N–H and O–H groups in total. The molecule has 6 heteroatoms. The Balaban J connectivity index is 2.81. The van der Waals surface area contributed by atoms with E-state index in [1.807, 2.05) is 13.0 Å². The van der Waals surface area contributed by atoms with Crippen molar-refractivity contribution in [2.45, 2.75) is 13.5 Å². The fourth-order valence-electron chi connectivity index (χ4n) is 2.12. The number of primary amides is 1. The number of carbonyl (C=O) groups excluding carboxylic acids is 1. The van der Waals surface area contributed by atoms with E-state index in [1.165, 1.54) is 10.6 Å². The summed E-state index contributed by atoms with van der Waals surface area (Å²) in [6, 6.07) is 12.0. The number of pyridine rings is 1. The normalized spacial score (nSPS) is 10.2. The molecule has 0 aliphatic carbocycles. The number of carbonyl (C=O) groups is 1. The third-order valence-electron chi connectivity index (χ3n) is 3.15. The van der Waals surface area contributed by atoms with E-state index in [2.05, 4.69) is 0 Å². The number of hydrogen-bond acceptors (Lipinski definition) is 4. The fraction of sp³-hybridized carbons (Fsp3) is 0.188. The molecule has 1 amide bonds. The molecule has 22 heavy (non-hydrogen) atoms. The molecular weight excluding hydrogens is 282 g/mol. The first-order valence-electron chi connectivity index (χ1n) is 6.72. The van der Waals surface area contributed by atoms with Crippen molar-refractivity contribution in [1.82, 2.24) is 4.57 Å². The van der Waals surface area contributed by atoms with Gasteiger partial charge >= 0.3 is 0 Å². The number of nitrogens with two attached hydrogens (primary N) is 1. The largest absolute Gasteiger partial charge is 0.375 e. The van der Waals surface area contributed by atoms with Crippen LogP contribution in [0.1, 0.15) is 28.5 Å². The van der Waals surface area contributed by atoms with E-state index in [1.54, 1.807) is 30.3 Å². The third kappa shape index (κ3) is 2.90. The zero-order chi connectivity index (χ0) is 16.1. The van der Waals surface area contributed by atoms with Crippen molar-refractivity contribution in [3.63, 3.8) is 0 Å². The number of para-hydroxylation sites is 1. The summed E-state index contributed by atoms with van der Waals surface area (Å²) in [5, 5.41) is 9.31. The Labute approximate surface area is 127 Å². The maximum absolute atomic E-state index is 12.6. The van der Waals surface area contributed by atoms with Gasteiger partial charge in [-0.2, -0.15) is 5.26 Å². The Bertz CT molecular complexity index is 789. The lowest BCUT2D eigenvalue weighted by Gasteiger charge is -2.15. The van der Waals surface area contributed by atoms with Gasteiger partial charge in [-0.25, -0.2) is 0 Å². The van der Waals surface area contributed by atoms with Gasteiger partial charge in [0, 0.05) is 12.3 Å². The van der Waals surface area contributed by atoms with Gasteiger partial charge in [-0.05, 0) is 25.1 Å². The molecule has 0 saturated heterocycles. The van der Waals surface area contributed by atoms with E-state index in [0.29, 0.717) is 18.0 Å². The van der Waals surface area contributed by atoms with E-state index in [9.17, 15) is 14.9 Å². The highest BCUT2D eigenvalue weighted by atomic mass is 16.5. The van der Waals surface area contributed by atoms with Gasteiger partial charge in [0.05, 0.1) is 17.9 Å². The lowest BCUT2D eigenvalue weighted by Crippen LogP contribution is -2.31. The SMILES string of the molecule is CCOCc1c(C#N)cc(C(N)=O)c(=O)n1-c1ccccc1. The van der Waals surface area contributed by atoms with Crippen LogP contribution in [0.3, 0.4) is 0 Å². The van der Waals surface area contributed by atoms with Crippen LogP contribution in [0.15, 0.2) is 41.2 Å². The van der Waals surface area contributed by atoms with Gasteiger partial charge in [-0.15, -0.1) is 0 Å². The van der Waals surface area contributed by atoms with Gasteiger partial charge in [0.25, 0.3) is 11.5 Å². The Morgan fingerprint density at radius 1 is 1.36 bits per heavy atom. The molecule has 0 atom stereocenters. The zero-order valence-electron chi connectivity index (χ0n) is 12.1. The van der Waals surface area contributed by atoms with Crippen molar-refractivity contribution in [2.75, 3.05) is 6.61 Å². The van der Waals surface area contributed by atoms with Crippen LogP contribution in [0.2, 0.25) is 0 Å². The second-order valence-electron chi connectivity index (χ2n) is 4.51. The summed E-state index contributed by atoms with van der Waals surface area (Å²) in [5.41, 5.74) is 5.58. The predicted molar refractivity (Wildman–Crippen MR) is 80.6 cm³/mol. The van der Waals surface area contributed by atoms with Gasteiger partial charge < -0.3 is 10.5 Å². The molecule has 0 unspecified atom stereocenters. The second-order valence-corrected chi connectivity index (χ2v) is 4.51. The quantitative estimate of drug-likeness (QED) is 0.900. The summed E-state index contributed by atoms with van der Waals surface area (Å²) < 4.78 is 6.65. The topological polar surface area (TPSA) is 98.1 Å². The predicted octanol–water partition coefficient (Wildman–Crippen LogP) is 1.34. The number of nitriles is 1. The lowest BCUT2D eigenvalue weighted by molar-refractivity contribution is 0.0997. The minimum Gasteiger partial charge on any atom is -0.375 e. The molecule has 0 bridgehead atoms. The van der Waals surface area contributed by atoms with Crippen LogP contribution < -0.4 is 11.3 Å². The van der Waals surface area contributed by atoms with E-state index in [-0.39, 0.29) is 17.7 Å². The van der Waals surface area contributed by atoms with Crippen LogP contribution in [-0.2, 0) is 11.3 Å². The minimum absolute atomic E-state index is 0.0859. The van der Waals surface area contributed by atoms with Crippen molar-refractivity contribution in [1.29, 1.82) is 5.26 Å². The molecule has 0 fully saturated rings. The van der Waals surface area contributed by atoms with E-state index >= 15 is 0 Å². The Morgan fingerprint density at radius 2 is 2.05 bits per heavy atom. The summed E-state index contributed by atoms with van der Waals surface area (Å²) in [6.07, 6.45) is 0. The van der Waals surface area contributed by atoms with Crippen molar-refractivity contribution >= 4 is 5.91 Å². The molecule has 2 aromatic rings. The molecule has 112 valence electrons.